The number of hydrogen-bond acceptors (Lipinski definition) is 3. The van der Waals surface area contributed by atoms with Gasteiger partial charge in [0.25, 0.3) is 5.91 Å². The smallest absolute Gasteiger partial charge is 0.254 e. The van der Waals surface area contributed by atoms with E-state index in [4.69, 9.17) is 0 Å². The zero-order valence-electron chi connectivity index (χ0n) is 13.4. The summed E-state index contributed by atoms with van der Waals surface area (Å²) in [7, 11) is 1.85. The molecule has 0 saturated carbocycles. The first kappa shape index (κ1) is 14.3. The minimum Gasteiger partial charge on any atom is -0.369 e. The third kappa shape index (κ3) is 2.59. The van der Waals surface area contributed by atoms with Crippen LogP contribution in [0.25, 0.3) is 11.1 Å². The number of benzene rings is 2. The second-order valence-electron chi connectivity index (χ2n) is 6.32. The third-order valence-corrected chi connectivity index (χ3v) is 4.78. The van der Waals surface area contributed by atoms with Crippen molar-refractivity contribution in [2.24, 2.45) is 0 Å². The fourth-order valence-electron chi connectivity index (χ4n) is 3.41. The van der Waals surface area contributed by atoms with Crippen LogP contribution in [0.4, 0.5) is 5.69 Å². The third-order valence-electron chi connectivity index (χ3n) is 4.78. The molecule has 118 valence electrons. The number of carbonyl (C=O) groups is 1. The Labute approximate surface area is 136 Å². The van der Waals surface area contributed by atoms with E-state index < -0.39 is 0 Å². The van der Waals surface area contributed by atoms with E-state index in [0.29, 0.717) is 0 Å². The summed E-state index contributed by atoms with van der Waals surface area (Å²) in [6.45, 7) is 4.92. The SMILES string of the molecule is CN1Cc2ccc(-c3ccc(N4CCNCC4)cc3)cc2C1=O. The molecule has 0 aromatic heterocycles. The van der Waals surface area contributed by atoms with Crippen LogP contribution in [-0.4, -0.2) is 44.0 Å². The van der Waals surface area contributed by atoms with Crippen molar-refractivity contribution >= 4 is 11.6 Å². The lowest BCUT2D eigenvalue weighted by Gasteiger charge is -2.29. The van der Waals surface area contributed by atoms with Gasteiger partial charge in [0.1, 0.15) is 0 Å². The van der Waals surface area contributed by atoms with Crippen molar-refractivity contribution in [1.82, 2.24) is 10.2 Å². The topological polar surface area (TPSA) is 35.6 Å². The molecule has 2 aromatic rings. The zero-order valence-corrected chi connectivity index (χ0v) is 13.4. The molecule has 0 aliphatic carbocycles. The summed E-state index contributed by atoms with van der Waals surface area (Å²) in [4.78, 5) is 16.3. The molecule has 2 aromatic carbocycles. The Morgan fingerprint density at radius 2 is 1.65 bits per heavy atom. The summed E-state index contributed by atoms with van der Waals surface area (Å²) >= 11 is 0. The fourth-order valence-corrected chi connectivity index (χ4v) is 3.41. The lowest BCUT2D eigenvalue weighted by molar-refractivity contribution is 0.0816. The zero-order chi connectivity index (χ0) is 15.8. The van der Waals surface area contributed by atoms with Gasteiger partial charge in [-0.05, 0) is 34.9 Å². The molecule has 2 heterocycles. The summed E-state index contributed by atoms with van der Waals surface area (Å²) < 4.78 is 0. The Balaban J connectivity index is 1.60. The summed E-state index contributed by atoms with van der Waals surface area (Å²) in [6, 6.07) is 14.9. The predicted octanol–water partition coefficient (Wildman–Crippen LogP) is 2.35. The van der Waals surface area contributed by atoms with E-state index in [-0.39, 0.29) is 5.91 Å². The highest BCUT2D eigenvalue weighted by Crippen LogP contribution is 2.29. The molecular weight excluding hydrogens is 286 g/mol. The molecule has 0 bridgehead atoms. The molecule has 4 heteroatoms. The van der Waals surface area contributed by atoms with Crippen LogP contribution >= 0.6 is 0 Å². The van der Waals surface area contributed by atoms with Crippen LogP contribution in [0, 0.1) is 0 Å². The second-order valence-corrected chi connectivity index (χ2v) is 6.32. The Morgan fingerprint density at radius 1 is 0.957 bits per heavy atom. The van der Waals surface area contributed by atoms with Gasteiger partial charge in [0, 0.05) is 51.0 Å². The first-order valence-electron chi connectivity index (χ1n) is 8.17. The van der Waals surface area contributed by atoms with Crippen molar-refractivity contribution in [1.29, 1.82) is 0 Å². The van der Waals surface area contributed by atoms with Gasteiger partial charge in [0.2, 0.25) is 0 Å². The first-order valence-corrected chi connectivity index (χ1v) is 8.17. The van der Waals surface area contributed by atoms with Crippen molar-refractivity contribution < 1.29 is 4.79 Å². The van der Waals surface area contributed by atoms with Crippen molar-refractivity contribution in [2.75, 3.05) is 38.1 Å². The van der Waals surface area contributed by atoms with Gasteiger partial charge >= 0.3 is 0 Å². The highest BCUT2D eigenvalue weighted by Gasteiger charge is 2.24. The van der Waals surface area contributed by atoms with Crippen LogP contribution in [-0.2, 0) is 6.54 Å². The van der Waals surface area contributed by atoms with Gasteiger partial charge in [-0.15, -0.1) is 0 Å². The highest BCUT2D eigenvalue weighted by molar-refractivity contribution is 5.99. The molecule has 0 atom stereocenters. The first-order chi connectivity index (χ1) is 11.2. The van der Waals surface area contributed by atoms with Crippen molar-refractivity contribution in [3.8, 4) is 11.1 Å². The Kier molecular flexibility index (Phi) is 3.54. The maximum absolute atomic E-state index is 12.2. The Bertz CT molecular complexity index is 733. The molecule has 1 fully saturated rings. The van der Waals surface area contributed by atoms with E-state index in [1.165, 1.54) is 5.69 Å². The normalized spacial score (nSPS) is 17.5. The van der Waals surface area contributed by atoms with E-state index in [2.05, 4.69) is 46.6 Å². The molecule has 4 rings (SSSR count). The fraction of sp³-hybridized carbons (Fsp3) is 0.316. The number of carbonyl (C=O) groups excluding carboxylic acids is 1. The number of anilines is 1. The van der Waals surface area contributed by atoms with E-state index in [9.17, 15) is 4.79 Å². The number of piperazine rings is 1. The Morgan fingerprint density at radius 3 is 2.39 bits per heavy atom. The lowest BCUT2D eigenvalue weighted by Crippen LogP contribution is -2.43. The van der Waals surface area contributed by atoms with Gasteiger partial charge in [-0.2, -0.15) is 0 Å². The molecule has 0 unspecified atom stereocenters. The molecule has 1 amide bonds. The predicted molar refractivity (Wildman–Crippen MR) is 92.8 cm³/mol. The molecule has 2 aliphatic heterocycles. The number of nitrogens with zero attached hydrogens (tertiary/aromatic N) is 2. The Hall–Kier alpha value is -2.33. The summed E-state index contributed by atoms with van der Waals surface area (Å²) in [5, 5.41) is 3.38. The summed E-state index contributed by atoms with van der Waals surface area (Å²) in [5.41, 5.74) is 5.51. The van der Waals surface area contributed by atoms with Crippen molar-refractivity contribution in [3.05, 3.63) is 53.6 Å². The van der Waals surface area contributed by atoms with Crippen LogP contribution < -0.4 is 10.2 Å². The number of amides is 1. The van der Waals surface area contributed by atoms with Crippen LogP contribution in [0.5, 0.6) is 0 Å². The van der Waals surface area contributed by atoms with Gasteiger partial charge in [-0.3, -0.25) is 4.79 Å². The average Bonchev–Trinajstić information content (AvgIpc) is 2.90. The highest BCUT2D eigenvalue weighted by atomic mass is 16.2. The molecule has 2 aliphatic rings. The number of fused-ring (bicyclic) bond motifs is 1. The number of hydrogen-bond donors (Lipinski definition) is 1. The minimum atomic E-state index is 0.124. The van der Waals surface area contributed by atoms with Gasteiger partial charge in [0.05, 0.1) is 0 Å². The van der Waals surface area contributed by atoms with Gasteiger partial charge in [-0.1, -0.05) is 24.3 Å². The molecule has 1 saturated heterocycles. The van der Waals surface area contributed by atoms with Gasteiger partial charge in [0.15, 0.2) is 0 Å². The monoisotopic (exact) mass is 307 g/mol. The number of nitrogens with one attached hydrogen (secondary N) is 1. The van der Waals surface area contributed by atoms with Crippen LogP contribution in [0.15, 0.2) is 42.5 Å². The average molecular weight is 307 g/mol. The second kappa shape index (κ2) is 5.70. The lowest BCUT2D eigenvalue weighted by atomic mass is 10.00. The number of rotatable bonds is 2. The summed E-state index contributed by atoms with van der Waals surface area (Å²) in [6.07, 6.45) is 0. The minimum absolute atomic E-state index is 0.124. The van der Waals surface area contributed by atoms with Gasteiger partial charge < -0.3 is 15.1 Å². The largest absolute Gasteiger partial charge is 0.369 e. The molecule has 0 spiro atoms. The van der Waals surface area contributed by atoms with Gasteiger partial charge in [-0.25, -0.2) is 0 Å². The molecular formula is C19H21N3O. The quantitative estimate of drug-likeness (QED) is 0.925. The van der Waals surface area contributed by atoms with E-state index in [0.717, 1.165) is 55.0 Å². The maximum Gasteiger partial charge on any atom is 0.254 e. The van der Waals surface area contributed by atoms with Crippen LogP contribution in [0.3, 0.4) is 0 Å². The van der Waals surface area contributed by atoms with E-state index in [1.54, 1.807) is 4.90 Å². The summed E-state index contributed by atoms with van der Waals surface area (Å²) in [5.74, 6) is 0.124. The van der Waals surface area contributed by atoms with Crippen LogP contribution in [0.1, 0.15) is 15.9 Å². The van der Waals surface area contributed by atoms with E-state index in [1.807, 2.05) is 13.1 Å². The van der Waals surface area contributed by atoms with E-state index >= 15 is 0 Å². The van der Waals surface area contributed by atoms with Crippen LogP contribution in [0.2, 0.25) is 0 Å². The van der Waals surface area contributed by atoms with Crippen molar-refractivity contribution in [3.63, 3.8) is 0 Å². The molecule has 4 nitrogen and oxygen atoms in total. The maximum atomic E-state index is 12.2. The molecule has 23 heavy (non-hydrogen) atoms. The van der Waals surface area contributed by atoms with Crippen molar-refractivity contribution in [2.45, 2.75) is 6.54 Å². The molecule has 1 N–H and O–H groups in total. The molecule has 0 radical (unpaired) electrons. The standard InChI is InChI=1S/C19H21N3O/c1-21-13-16-3-2-15(12-18(16)19(21)23)14-4-6-17(7-5-14)22-10-8-20-9-11-22/h2-7,12,20H,8-11,13H2,1H3.